The van der Waals surface area contributed by atoms with Gasteiger partial charge in [0.05, 0.1) is 12.2 Å². The van der Waals surface area contributed by atoms with Crippen LogP contribution >= 0.6 is 0 Å². The van der Waals surface area contributed by atoms with Gasteiger partial charge in [0.2, 0.25) is 0 Å². The minimum atomic E-state index is -0.429. The Kier molecular flexibility index (Phi) is 6.02. The largest absolute Gasteiger partial charge is 0.388 e. The van der Waals surface area contributed by atoms with Gasteiger partial charge in [0.1, 0.15) is 0 Å². The Morgan fingerprint density at radius 3 is 1.58 bits per heavy atom. The number of benzene rings is 2. The second-order valence-electron chi connectivity index (χ2n) is 6.82. The first kappa shape index (κ1) is 17.2. The van der Waals surface area contributed by atoms with E-state index in [9.17, 15) is 10.2 Å². The Hall–Kier alpha value is -1.68. The third kappa shape index (κ3) is 4.67. The minimum absolute atomic E-state index is 0.307. The van der Waals surface area contributed by atoms with Crippen molar-refractivity contribution in [3.05, 3.63) is 71.8 Å². The Bertz CT molecular complexity index is 548. The molecular weight excluding hydrogens is 298 g/mol. The molecule has 1 aliphatic rings. The molecule has 3 nitrogen and oxygen atoms in total. The standard InChI is InChI=1S/C21H27NO2/c23-20(16-8-3-1-4-9-16)14-18-12-7-13-19(22-18)15-21(24)17-10-5-2-6-11-17/h1-6,8-11,18-24H,7,12-15H2/t18-,19+,20+,21-. The van der Waals surface area contributed by atoms with Gasteiger partial charge in [-0.25, -0.2) is 0 Å². The first-order valence-electron chi connectivity index (χ1n) is 8.94. The van der Waals surface area contributed by atoms with E-state index in [1.807, 2.05) is 60.7 Å². The second kappa shape index (κ2) is 8.43. The van der Waals surface area contributed by atoms with Crippen molar-refractivity contribution in [3.8, 4) is 0 Å². The molecule has 3 rings (SSSR count). The second-order valence-corrected chi connectivity index (χ2v) is 6.82. The van der Waals surface area contributed by atoms with E-state index in [1.54, 1.807) is 0 Å². The van der Waals surface area contributed by atoms with Crippen LogP contribution in [0.2, 0.25) is 0 Å². The summed E-state index contributed by atoms with van der Waals surface area (Å²) in [5, 5.41) is 24.5. The molecule has 2 aromatic carbocycles. The summed E-state index contributed by atoms with van der Waals surface area (Å²) in [7, 11) is 0. The maximum absolute atomic E-state index is 10.4. The monoisotopic (exact) mass is 325 g/mol. The van der Waals surface area contributed by atoms with Gasteiger partial charge in [0, 0.05) is 12.1 Å². The van der Waals surface area contributed by atoms with E-state index in [2.05, 4.69) is 5.32 Å². The summed E-state index contributed by atoms with van der Waals surface area (Å²) in [6.45, 7) is 0. The van der Waals surface area contributed by atoms with Gasteiger partial charge in [0.25, 0.3) is 0 Å². The van der Waals surface area contributed by atoms with Gasteiger partial charge < -0.3 is 15.5 Å². The van der Waals surface area contributed by atoms with Crippen molar-refractivity contribution in [2.45, 2.75) is 56.4 Å². The normalized spacial score (nSPS) is 23.6. The van der Waals surface area contributed by atoms with Crippen LogP contribution in [0.4, 0.5) is 0 Å². The van der Waals surface area contributed by atoms with E-state index in [1.165, 1.54) is 0 Å². The summed E-state index contributed by atoms with van der Waals surface area (Å²) in [5.74, 6) is 0. The number of aliphatic hydroxyl groups is 2. The predicted molar refractivity (Wildman–Crippen MR) is 96.6 cm³/mol. The molecule has 1 heterocycles. The highest BCUT2D eigenvalue weighted by Crippen LogP contribution is 2.27. The summed E-state index contributed by atoms with van der Waals surface area (Å²) in [5.41, 5.74) is 1.96. The Morgan fingerprint density at radius 1 is 0.750 bits per heavy atom. The van der Waals surface area contributed by atoms with Crippen LogP contribution in [-0.2, 0) is 0 Å². The molecule has 0 unspecified atom stereocenters. The number of aliphatic hydroxyl groups excluding tert-OH is 2. The molecule has 0 bridgehead atoms. The fraction of sp³-hybridized carbons (Fsp3) is 0.429. The molecule has 4 atom stereocenters. The van der Waals surface area contributed by atoms with Crippen molar-refractivity contribution in [2.24, 2.45) is 0 Å². The third-order valence-corrected chi connectivity index (χ3v) is 4.96. The van der Waals surface area contributed by atoms with Crippen LogP contribution in [0.15, 0.2) is 60.7 Å². The van der Waals surface area contributed by atoms with E-state index < -0.39 is 12.2 Å². The lowest BCUT2D eigenvalue weighted by Crippen LogP contribution is -2.43. The van der Waals surface area contributed by atoms with Crippen molar-refractivity contribution < 1.29 is 10.2 Å². The van der Waals surface area contributed by atoms with E-state index in [-0.39, 0.29) is 0 Å². The molecule has 2 aromatic rings. The molecule has 1 saturated heterocycles. The lowest BCUT2D eigenvalue weighted by Gasteiger charge is -2.33. The summed E-state index contributed by atoms with van der Waals surface area (Å²) in [6.07, 6.45) is 3.90. The highest BCUT2D eigenvalue weighted by molar-refractivity contribution is 5.18. The van der Waals surface area contributed by atoms with Crippen molar-refractivity contribution >= 4 is 0 Å². The first-order chi connectivity index (χ1) is 11.7. The van der Waals surface area contributed by atoms with Crippen LogP contribution in [0.1, 0.15) is 55.4 Å². The topological polar surface area (TPSA) is 52.5 Å². The Labute approximate surface area is 144 Å². The van der Waals surface area contributed by atoms with Gasteiger partial charge >= 0.3 is 0 Å². The predicted octanol–water partition coefficient (Wildman–Crippen LogP) is 3.74. The highest BCUT2D eigenvalue weighted by atomic mass is 16.3. The van der Waals surface area contributed by atoms with Gasteiger partial charge in [-0.2, -0.15) is 0 Å². The average molecular weight is 325 g/mol. The molecule has 0 aromatic heterocycles. The number of nitrogens with one attached hydrogen (secondary N) is 1. The molecule has 1 fully saturated rings. The highest BCUT2D eigenvalue weighted by Gasteiger charge is 2.25. The van der Waals surface area contributed by atoms with Gasteiger partial charge in [-0.15, -0.1) is 0 Å². The molecule has 0 radical (unpaired) electrons. The maximum Gasteiger partial charge on any atom is 0.0804 e. The van der Waals surface area contributed by atoms with Gasteiger partial charge in [-0.05, 0) is 36.8 Å². The maximum atomic E-state index is 10.4. The van der Waals surface area contributed by atoms with Gasteiger partial charge in [-0.3, -0.25) is 0 Å². The van der Waals surface area contributed by atoms with Gasteiger partial charge in [0.15, 0.2) is 0 Å². The zero-order chi connectivity index (χ0) is 16.8. The average Bonchev–Trinajstić information content (AvgIpc) is 2.63. The van der Waals surface area contributed by atoms with Crippen molar-refractivity contribution in [1.29, 1.82) is 0 Å². The molecule has 0 amide bonds. The van der Waals surface area contributed by atoms with E-state index >= 15 is 0 Å². The molecule has 3 N–H and O–H groups in total. The van der Waals surface area contributed by atoms with Gasteiger partial charge in [-0.1, -0.05) is 67.1 Å². The van der Waals surface area contributed by atoms with Crippen LogP contribution in [0.5, 0.6) is 0 Å². The summed E-state index contributed by atoms with van der Waals surface area (Å²) < 4.78 is 0. The first-order valence-corrected chi connectivity index (χ1v) is 8.94. The van der Waals surface area contributed by atoms with Crippen LogP contribution in [0.3, 0.4) is 0 Å². The number of piperidine rings is 1. The fourth-order valence-corrected chi connectivity index (χ4v) is 3.64. The van der Waals surface area contributed by atoms with Crippen LogP contribution in [0, 0.1) is 0 Å². The molecule has 1 aliphatic heterocycles. The zero-order valence-electron chi connectivity index (χ0n) is 14.0. The summed E-state index contributed by atoms with van der Waals surface area (Å²) >= 11 is 0. The molecule has 0 saturated carbocycles. The summed E-state index contributed by atoms with van der Waals surface area (Å²) in [6, 6.07) is 20.3. The third-order valence-electron chi connectivity index (χ3n) is 4.96. The van der Waals surface area contributed by atoms with Crippen LogP contribution in [-0.4, -0.2) is 22.3 Å². The number of hydrogen-bond acceptors (Lipinski definition) is 3. The Balaban J connectivity index is 1.53. The van der Waals surface area contributed by atoms with E-state index in [0.29, 0.717) is 12.1 Å². The quantitative estimate of drug-likeness (QED) is 0.758. The molecule has 0 spiro atoms. The van der Waals surface area contributed by atoms with E-state index in [0.717, 1.165) is 43.2 Å². The van der Waals surface area contributed by atoms with Crippen molar-refractivity contribution in [3.63, 3.8) is 0 Å². The zero-order valence-corrected chi connectivity index (χ0v) is 14.0. The van der Waals surface area contributed by atoms with Crippen molar-refractivity contribution in [2.75, 3.05) is 0 Å². The fourth-order valence-electron chi connectivity index (χ4n) is 3.64. The summed E-state index contributed by atoms with van der Waals surface area (Å²) in [4.78, 5) is 0. The van der Waals surface area contributed by atoms with Crippen molar-refractivity contribution in [1.82, 2.24) is 5.32 Å². The molecule has 3 heteroatoms. The van der Waals surface area contributed by atoms with Crippen LogP contribution in [0.25, 0.3) is 0 Å². The molecule has 24 heavy (non-hydrogen) atoms. The molecular formula is C21H27NO2. The SMILES string of the molecule is O[C@H](C[C@@H]1CCC[C@H](C[C@H](O)c2ccccc2)N1)c1ccccc1. The number of rotatable bonds is 6. The molecule has 128 valence electrons. The molecule has 0 aliphatic carbocycles. The Morgan fingerprint density at radius 2 is 1.17 bits per heavy atom. The minimum Gasteiger partial charge on any atom is -0.388 e. The number of hydrogen-bond donors (Lipinski definition) is 3. The van der Waals surface area contributed by atoms with Crippen LogP contribution < -0.4 is 5.32 Å². The van der Waals surface area contributed by atoms with E-state index in [4.69, 9.17) is 0 Å². The smallest absolute Gasteiger partial charge is 0.0804 e. The lowest BCUT2D eigenvalue weighted by molar-refractivity contribution is 0.116. The lowest BCUT2D eigenvalue weighted by atomic mass is 9.89.